The third-order valence-corrected chi connectivity index (χ3v) is 7.22. The van der Waals surface area contributed by atoms with Gasteiger partial charge in [0, 0.05) is 42.1 Å². The van der Waals surface area contributed by atoms with E-state index in [0.717, 1.165) is 6.92 Å². The SMILES string of the molecule is C[C@H]1[C@@H](c2cccc(Cl)c2OC2CC(O)C2)[C@H](C(=O)Nc2ccnc(C(N)=O)c2)O[C@@]1(C)C(F)(F)F. The van der Waals surface area contributed by atoms with Gasteiger partial charge in [0.1, 0.15) is 23.7 Å². The number of nitrogens with one attached hydrogen (secondary N) is 1. The molecule has 36 heavy (non-hydrogen) atoms. The van der Waals surface area contributed by atoms with Crippen LogP contribution in [0.3, 0.4) is 0 Å². The molecule has 1 saturated carbocycles. The zero-order chi connectivity index (χ0) is 26.4. The van der Waals surface area contributed by atoms with Crippen LogP contribution < -0.4 is 15.8 Å². The molecule has 4 rings (SSSR count). The molecule has 2 fully saturated rings. The fourth-order valence-corrected chi connectivity index (χ4v) is 4.82. The fraction of sp³-hybridized carbons (Fsp3) is 0.458. The number of alkyl halides is 3. The predicted molar refractivity (Wildman–Crippen MR) is 124 cm³/mol. The first-order valence-corrected chi connectivity index (χ1v) is 11.6. The minimum atomic E-state index is -4.78. The van der Waals surface area contributed by atoms with Crippen LogP contribution in [-0.4, -0.2) is 52.0 Å². The number of aromatic nitrogens is 1. The van der Waals surface area contributed by atoms with Gasteiger partial charge in [-0.3, -0.25) is 14.6 Å². The molecule has 2 amide bonds. The second-order valence-corrected chi connectivity index (χ2v) is 9.67. The Morgan fingerprint density at radius 2 is 2.00 bits per heavy atom. The van der Waals surface area contributed by atoms with Crippen LogP contribution in [-0.2, 0) is 9.53 Å². The fourth-order valence-electron chi connectivity index (χ4n) is 4.59. The summed E-state index contributed by atoms with van der Waals surface area (Å²) in [6, 6.07) is 7.24. The van der Waals surface area contributed by atoms with Gasteiger partial charge in [-0.25, -0.2) is 0 Å². The topological polar surface area (TPSA) is 124 Å². The Hall–Kier alpha value is -2.89. The van der Waals surface area contributed by atoms with Crippen molar-refractivity contribution < 1.29 is 37.3 Å². The Morgan fingerprint density at radius 1 is 1.31 bits per heavy atom. The largest absolute Gasteiger partial charge is 0.488 e. The summed E-state index contributed by atoms with van der Waals surface area (Å²) in [7, 11) is 0. The number of hydrogen-bond donors (Lipinski definition) is 3. The molecule has 4 N–H and O–H groups in total. The van der Waals surface area contributed by atoms with Crippen LogP contribution in [0.15, 0.2) is 36.5 Å². The summed E-state index contributed by atoms with van der Waals surface area (Å²) in [6.45, 7) is 2.27. The van der Waals surface area contributed by atoms with Gasteiger partial charge < -0.3 is 25.6 Å². The molecule has 1 aromatic heterocycles. The van der Waals surface area contributed by atoms with Crippen molar-refractivity contribution in [1.29, 1.82) is 0 Å². The van der Waals surface area contributed by atoms with E-state index in [0.29, 0.717) is 12.8 Å². The lowest BCUT2D eigenvalue weighted by atomic mass is 9.77. The molecule has 194 valence electrons. The maximum absolute atomic E-state index is 14.2. The number of ether oxygens (including phenoxy) is 2. The van der Waals surface area contributed by atoms with E-state index in [2.05, 4.69) is 10.3 Å². The van der Waals surface area contributed by atoms with Crippen molar-refractivity contribution in [2.24, 2.45) is 11.7 Å². The molecule has 2 aromatic rings. The molecular formula is C24H25ClF3N3O5. The number of carbonyl (C=O) groups excluding carboxylic acids is 2. The molecule has 12 heteroatoms. The van der Waals surface area contributed by atoms with Gasteiger partial charge in [-0.15, -0.1) is 0 Å². The number of pyridine rings is 1. The maximum Gasteiger partial charge on any atom is 0.417 e. The number of primary amides is 1. The average Bonchev–Trinajstić information content (AvgIpc) is 3.06. The minimum Gasteiger partial charge on any atom is -0.488 e. The van der Waals surface area contributed by atoms with Crippen LogP contribution in [0.1, 0.15) is 48.7 Å². The average molecular weight is 528 g/mol. The smallest absolute Gasteiger partial charge is 0.417 e. The van der Waals surface area contributed by atoms with Gasteiger partial charge in [-0.1, -0.05) is 30.7 Å². The first kappa shape index (κ1) is 26.2. The second kappa shape index (κ2) is 9.53. The third-order valence-electron chi connectivity index (χ3n) is 6.92. The van der Waals surface area contributed by atoms with E-state index in [-0.39, 0.29) is 33.8 Å². The molecule has 4 atom stereocenters. The van der Waals surface area contributed by atoms with Gasteiger partial charge in [0.25, 0.3) is 11.8 Å². The van der Waals surface area contributed by atoms with Crippen LogP contribution in [0.4, 0.5) is 18.9 Å². The van der Waals surface area contributed by atoms with Gasteiger partial charge >= 0.3 is 6.18 Å². The first-order chi connectivity index (χ1) is 16.8. The normalized spacial score (nSPS) is 29.9. The van der Waals surface area contributed by atoms with E-state index in [1.165, 1.54) is 31.3 Å². The lowest BCUT2D eigenvalue weighted by Gasteiger charge is -2.34. The zero-order valence-corrected chi connectivity index (χ0v) is 20.1. The number of anilines is 1. The predicted octanol–water partition coefficient (Wildman–Crippen LogP) is 3.81. The second-order valence-electron chi connectivity index (χ2n) is 9.26. The number of para-hydroxylation sites is 1. The minimum absolute atomic E-state index is 0.116. The number of rotatable bonds is 6. The Kier molecular flexibility index (Phi) is 6.93. The standard InChI is InChI=1S/C24H25ClF3N3O5/c1-11-18(15-4-3-5-16(25)19(15)35-14-9-13(32)10-14)20(36-23(11,2)24(26,27)28)22(34)31-12-6-7-30-17(8-12)21(29)33/h3-8,11,13-14,18,20,32H,9-10H2,1-2H3,(H2,29,33)(H,30,31,34)/t11-,13?,14?,18-,20+,23+/m0/s1. The molecule has 0 radical (unpaired) electrons. The molecule has 1 saturated heterocycles. The molecule has 8 nitrogen and oxygen atoms in total. The maximum atomic E-state index is 14.2. The van der Waals surface area contributed by atoms with Crippen molar-refractivity contribution in [3.8, 4) is 5.75 Å². The Bertz CT molecular complexity index is 1170. The summed E-state index contributed by atoms with van der Waals surface area (Å²) in [5, 5.41) is 12.3. The molecule has 0 spiro atoms. The summed E-state index contributed by atoms with van der Waals surface area (Å²) < 4.78 is 54.0. The van der Waals surface area contributed by atoms with E-state index in [1.807, 2.05) is 0 Å². The molecule has 2 heterocycles. The van der Waals surface area contributed by atoms with Gasteiger partial charge in [0.2, 0.25) is 0 Å². The van der Waals surface area contributed by atoms with Crippen LogP contribution in [0.5, 0.6) is 5.75 Å². The molecule has 0 unspecified atom stereocenters. The number of nitrogens with zero attached hydrogens (tertiary/aromatic N) is 1. The Morgan fingerprint density at radius 3 is 2.61 bits per heavy atom. The number of hydrogen-bond acceptors (Lipinski definition) is 6. The number of carbonyl (C=O) groups is 2. The summed E-state index contributed by atoms with van der Waals surface area (Å²) in [5.41, 5.74) is 2.85. The lowest BCUT2D eigenvalue weighted by molar-refractivity contribution is -0.272. The monoisotopic (exact) mass is 527 g/mol. The van der Waals surface area contributed by atoms with Crippen LogP contribution >= 0.6 is 11.6 Å². The van der Waals surface area contributed by atoms with Crippen molar-refractivity contribution in [3.63, 3.8) is 0 Å². The number of aliphatic hydroxyl groups excluding tert-OH is 1. The van der Waals surface area contributed by atoms with E-state index in [9.17, 15) is 27.9 Å². The number of nitrogens with two attached hydrogens (primary N) is 1. The zero-order valence-electron chi connectivity index (χ0n) is 19.4. The Balaban J connectivity index is 1.73. The van der Waals surface area contributed by atoms with Crippen molar-refractivity contribution in [3.05, 3.63) is 52.8 Å². The highest BCUT2D eigenvalue weighted by Crippen LogP contribution is 2.55. The van der Waals surface area contributed by atoms with E-state index in [1.54, 1.807) is 12.1 Å². The summed E-state index contributed by atoms with van der Waals surface area (Å²) >= 11 is 6.38. The molecular weight excluding hydrogens is 503 g/mol. The quantitative estimate of drug-likeness (QED) is 0.525. The number of aliphatic hydroxyl groups is 1. The highest BCUT2D eigenvalue weighted by molar-refractivity contribution is 6.32. The van der Waals surface area contributed by atoms with E-state index < -0.39 is 47.6 Å². The van der Waals surface area contributed by atoms with Gasteiger partial charge in [-0.2, -0.15) is 13.2 Å². The Labute approximate surface area is 209 Å². The molecule has 2 aliphatic rings. The lowest BCUT2D eigenvalue weighted by Crippen LogP contribution is -2.47. The molecule has 1 aliphatic carbocycles. The van der Waals surface area contributed by atoms with E-state index in [4.69, 9.17) is 26.8 Å². The summed E-state index contributed by atoms with van der Waals surface area (Å²) in [4.78, 5) is 28.5. The van der Waals surface area contributed by atoms with E-state index >= 15 is 0 Å². The van der Waals surface area contributed by atoms with Crippen molar-refractivity contribution in [2.45, 2.75) is 62.7 Å². The summed E-state index contributed by atoms with van der Waals surface area (Å²) in [6.07, 6.45) is -5.29. The molecule has 1 aromatic carbocycles. The first-order valence-electron chi connectivity index (χ1n) is 11.3. The number of amides is 2. The molecule has 1 aliphatic heterocycles. The van der Waals surface area contributed by atoms with Crippen molar-refractivity contribution in [1.82, 2.24) is 4.98 Å². The van der Waals surface area contributed by atoms with Crippen LogP contribution in [0.25, 0.3) is 0 Å². The molecule has 0 bridgehead atoms. The van der Waals surface area contributed by atoms with Gasteiger partial charge in [-0.05, 0) is 25.1 Å². The number of halogens is 4. The van der Waals surface area contributed by atoms with Crippen LogP contribution in [0, 0.1) is 5.92 Å². The van der Waals surface area contributed by atoms with Gasteiger partial charge in [0.15, 0.2) is 5.60 Å². The number of benzene rings is 1. The highest BCUT2D eigenvalue weighted by atomic mass is 35.5. The van der Waals surface area contributed by atoms with Crippen molar-refractivity contribution >= 4 is 29.1 Å². The third kappa shape index (κ3) is 4.74. The highest BCUT2D eigenvalue weighted by Gasteiger charge is 2.65. The van der Waals surface area contributed by atoms with Crippen LogP contribution in [0.2, 0.25) is 5.02 Å². The van der Waals surface area contributed by atoms with Crippen molar-refractivity contribution in [2.75, 3.05) is 5.32 Å². The summed E-state index contributed by atoms with van der Waals surface area (Å²) in [5.74, 6) is -3.83. The van der Waals surface area contributed by atoms with Gasteiger partial charge in [0.05, 0.1) is 11.1 Å².